The highest BCUT2D eigenvalue weighted by Gasteiger charge is 2.38. The Hall–Kier alpha value is -10.7. The Morgan fingerprint density at radius 2 is 0.838 bits per heavy atom. The minimum atomic E-state index is -1.70. The lowest BCUT2D eigenvalue weighted by atomic mass is 9.95. The Balaban J connectivity index is 2.29. The average molecular weight is 1590 g/mol. The van der Waals surface area contributed by atoms with Gasteiger partial charge in [0.2, 0.25) is 70.9 Å². The molecule has 1 heterocycles. The number of aliphatic carboxylic acids is 1. The van der Waals surface area contributed by atoms with E-state index in [1.807, 2.05) is 0 Å². The zero-order valence-electron chi connectivity index (χ0n) is 63.8. The quantitative estimate of drug-likeness (QED) is 0.0157. The number of hydrogen-bond donors (Lipinski definition) is 22. The van der Waals surface area contributed by atoms with Crippen molar-refractivity contribution >= 4 is 122 Å². The van der Waals surface area contributed by atoms with Crippen molar-refractivity contribution in [3.8, 4) is 0 Å². The maximum atomic E-state index is 15.0. The van der Waals surface area contributed by atoms with Crippen molar-refractivity contribution in [1.82, 2.24) is 63.8 Å². The predicted octanol–water partition coefficient (Wildman–Crippen LogP) is -5.29. The summed E-state index contributed by atoms with van der Waals surface area (Å²) in [4.78, 5) is 202. The monoisotopic (exact) mass is 1590 g/mol. The molecule has 3 rings (SSSR count). The van der Waals surface area contributed by atoms with Crippen molar-refractivity contribution < 1.29 is 67.4 Å². The highest BCUT2D eigenvalue weighted by Crippen LogP contribution is 2.24. The first kappa shape index (κ1) is 94.5. The lowest BCUT2D eigenvalue weighted by molar-refractivity contribution is -0.141. The zero-order valence-corrected chi connectivity index (χ0v) is 65.4. The zero-order chi connectivity index (χ0) is 82.7. The standard InChI is InChI=1S/C70H115N25O14S2/c1-7-39(5)54-64(106)90-47(31-38(3)4)61(103)88-46(26-18-30-83-70(78)79)60(102)95-55(40(6)8-2)65(107)91-49(33-42-21-13-10-14-22-42)62(104)87-45(25-17-29-82-69(76)77)58(100)93-51(66(108)109)37-111-110-36-50(92-56(98)43(71)23-15-27-80-67(72)73)63(105)89-48(32-41-19-11-9-12-20-41)57(99)85-34-52(96)84-35-53(97)86-44(59(101)94-54)24-16-28-81-68(74)75/h9-14,19-22,38-40,43-51,54-55H,7-8,15-18,23-37,71H2,1-6H3,(H,84,96)(H,85,99)(H,86,97)(H,87,104)(H,88,103)(H,89,105)(H,90,106)(H,91,107)(H,92,98)(H,93,100)(H,94,101)(H,95,102)(H,108,109)(H4,72,73,80)(H4,74,75,81)(H4,76,77,82)(H4,78,79,83)/t39-,40-,43+,44+,45+,46-,47+,48+,49-,50+,51+,54-,55+/m0/s1. The normalized spacial score (nSPS) is 22.7. The molecule has 2 aromatic carbocycles. The van der Waals surface area contributed by atoms with Crippen molar-refractivity contribution in [2.24, 2.45) is 89.3 Å². The van der Waals surface area contributed by atoms with E-state index in [4.69, 9.17) is 51.6 Å². The number of guanidine groups is 4. The maximum absolute atomic E-state index is 15.0. The molecular formula is C70H115N25O14S2. The molecule has 0 radical (unpaired) electrons. The molecule has 39 nitrogen and oxygen atoms in total. The number of aliphatic imine (C=N–C) groups is 4. The second kappa shape index (κ2) is 50.9. The Morgan fingerprint density at radius 3 is 1.28 bits per heavy atom. The molecule has 0 aromatic heterocycles. The number of hydrogen-bond acceptors (Lipinski definition) is 20. The number of carbonyl (C=O) groups excluding carboxylic acids is 12. The molecule has 0 unspecified atom stereocenters. The molecule has 1 aliphatic heterocycles. The Labute approximate surface area is 653 Å². The molecule has 31 N–H and O–H groups in total. The molecule has 1 saturated heterocycles. The van der Waals surface area contributed by atoms with Gasteiger partial charge in [0.05, 0.1) is 19.1 Å². The first-order valence-corrected chi connectivity index (χ1v) is 39.2. The van der Waals surface area contributed by atoms with E-state index >= 15 is 0 Å². The van der Waals surface area contributed by atoms with E-state index in [0.717, 1.165) is 21.6 Å². The Bertz CT molecular complexity index is 3510. The average Bonchev–Trinajstić information content (AvgIpc) is 0.851. The molecule has 616 valence electrons. The second-order valence-corrected chi connectivity index (χ2v) is 29.7. The smallest absolute Gasteiger partial charge is 0.327 e. The fourth-order valence-electron chi connectivity index (χ4n) is 11.0. The first-order chi connectivity index (χ1) is 52.6. The van der Waals surface area contributed by atoms with Crippen LogP contribution >= 0.6 is 21.6 Å². The van der Waals surface area contributed by atoms with Gasteiger partial charge >= 0.3 is 5.97 Å². The van der Waals surface area contributed by atoms with Gasteiger partial charge in [0.1, 0.15) is 60.4 Å². The summed E-state index contributed by atoms with van der Waals surface area (Å²) in [6, 6.07) is 0.941. The largest absolute Gasteiger partial charge is 0.480 e. The summed E-state index contributed by atoms with van der Waals surface area (Å²) in [6.45, 7) is 8.93. The van der Waals surface area contributed by atoms with Crippen LogP contribution in [0, 0.1) is 17.8 Å². The summed E-state index contributed by atoms with van der Waals surface area (Å²) < 4.78 is 0. The minimum absolute atomic E-state index is 0.00478. The molecule has 0 aliphatic carbocycles. The lowest BCUT2D eigenvalue weighted by Gasteiger charge is -2.31. The van der Waals surface area contributed by atoms with Crippen LogP contribution in [0.2, 0.25) is 0 Å². The Morgan fingerprint density at radius 1 is 0.459 bits per heavy atom. The van der Waals surface area contributed by atoms with Crippen molar-refractivity contribution in [3.05, 3.63) is 71.8 Å². The first-order valence-electron chi connectivity index (χ1n) is 36.7. The molecule has 1 aliphatic rings. The summed E-state index contributed by atoms with van der Waals surface area (Å²) in [5.74, 6) is -15.4. The number of nitrogens with zero attached hydrogens (tertiary/aromatic N) is 4. The van der Waals surface area contributed by atoms with E-state index in [1.54, 1.807) is 102 Å². The van der Waals surface area contributed by atoms with Gasteiger partial charge in [-0.2, -0.15) is 0 Å². The topological polar surface area (TPSA) is 670 Å². The van der Waals surface area contributed by atoms with Crippen molar-refractivity contribution in [1.29, 1.82) is 0 Å². The number of benzene rings is 2. The van der Waals surface area contributed by atoms with Gasteiger partial charge in [0.25, 0.3) is 0 Å². The van der Waals surface area contributed by atoms with Crippen LogP contribution < -0.4 is 115 Å². The number of carbonyl (C=O) groups is 13. The Kier molecular flexibility index (Phi) is 43.3. The van der Waals surface area contributed by atoms with Gasteiger partial charge in [-0.15, -0.1) is 0 Å². The van der Waals surface area contributed by atoms with Crippen LogP contribution in [0.4, 0.5) is 0 Å². The van der Waals surface area contributed by atoms with Gasteiger partial charge in [-0.1, -0.05) is 137 Å². The van der Waals surface area contributed by atoms with Crippen molar-refractivity contribution in [2.75, 3.05) is 50.8 Å². The maximum Gasteiger partial charge on any atom is 0.327 e. The van der Waals surface area contributed by atoms with Gasteiger partial charge in [0.15, 0.2) is 23.8 Å². The third-order valence-corrected chi connectivity index (χ3v) is 19.9. The van der Waals surface area contributed by atoms with E-state index in [0.29, 0.717) is 17.5 Å². The SMILES string of the molecule is CC[C@H](C)[C@@H]1NC(=O)[C@@H](CCCN=C(N)N)NC(=O)CNC(=O)CNC(=O)[C@@H](Cc2ccccc2)NC(=O)[C@H](NC(=O)[C@H](N)CCCN=C(N)N)CSSC[C@H](C(=O)O)NC(=O)[C@@H](CCCN=C(N)N)NC(=O)[C@H](Cc2ccccc2)NC(=O)[C@@H]([C@@H](C)CC)NC(=O)[C@H](CCCN=C(N)N)NC(=O)[C@@H](CC(C)C)NC1=O. The van der Waals surface area contributed by atoms with E-state index in [9.17, 15) is 67.4 Å². The molecule has 41 heteroatoms. The number of nitrogens with one attached hydrogen (secondary N) is 12. The highest BCUT2D eigenvalue weighted by atomic mass is 33.1. The van der Waals surface area contributed by atoms with E-state index in [-0.39, 0.29) is 139 Å². The van der Waals surface area contributed by atoms with Gasteiger partial charge in [-0.25, -0.2) is 4.79 Å². The number of carboxylic acids is 1. The van der Waals surface area contributed by atoms with Crippen LogP contribution in [-0.4, -0.2) is 223 Å². The van der Waals surface area contributed by atoms with Gasteiger partial charge < -0.3 is 121 Å². The van der Waals surface area contributed by atoms with Crippen molar-refractivity contribution in [3.63, 3.8) is 0 Å². The fraction of sp³-hybridized carbons (Fsp3) is 0.586. The van der Waals surface area contributed by atoms with Crippen LogP contribution in [0.15, 0.2) is 80.6 Å². The molecule has 13 atom stereocenters. The molecule has 111 heavy (non-hydrogen) atoms. The van der Waals surface area contributed by atoms with E-state index < -0.39 is 174 Å². The molecule has 1 fully saturated rings. The summed E-state index contributed by atoms with van der Waals surface area (Å²) in [5.41, 5.74) is 51.9. The third kappa shape index (κ3) is 37.5. The number of rotatable bonds is 29. The molecular weight excluding hydrogens is 1480 g/mol. The minimum Gasteiger partial charge on any atom is -0.480 e. The van der Waals surface area contributed by atoms with E-state index in [1.165, 1.54) is 0 Å². The lowest BCUT2D eigenvalue weighted by Crippen LogP contribution is -2.62. The molecule has 12 amide bonds. The van der Waals surface area contributed by atoms with Crippen LogP contribution in [0.3, 0.4) is 0 Å². The molecule has 0 spiro atoms. The van der Waals surface area contributed by atoms with Crippen molar-refractivity contribution in [2.45, 2.75) is 191 Å². The van der Waals surface area contributed by atoms with Gasteiger partial charge in [-0.05, 0) is 86.7 Å². The van der Waals surface area contributed by atoms with Gasteiger partial charge in [0, 0.05) is 50.5 Å². The number of nitrogens with two attached hydrogens (primary N) is 9. The van der Waals surface area contributed by atoms with Crippen LogP contribution in [0.25, 0.3) is 0 Å². The summed E-state index contributed by atoms with van der Waals surface area (Å²) >= 11 is 0. The predicted molar refractivity (Wildman–Crippen MR) is 424 cm³/mol. The highest BCUT2D eigenvalue weighted by molar-refractivity contribution is 8.76. The number of carboxylic acid groups (broad SMARTS) is 1. The second-order valence-electron chi connectivity index (χ2n) is 27.1. The molecule has 2 aromatic rings. The van der Waals surface area contributed by atoms with Crippen LogP contribution in [0.1, 0.15) is 123 Å². The fourth-order valence-corrected chi connectivity index (χ4v) is 13.3. The molecule has 0 bridgehead atoms. The van der Waals surface area contributed by atoms with Crippen LogP contribution in [0.5, 0.6) is 0 Å². The van der Waals surface area contributed by atoms with Gasteiger partial charge in [-0.3, -0.25) is 77.5 Å². The summed E-state index contributed by atoms with van der Waals surface area (Å²) in [6.07, 6.45) is 0.309. The number of amides is 12. The summed E-state index contributed by atoms with van der Waals surface area (Å²) in [7, 11) is 1.74. The van der Waals surface area contributed by atoms with Crippen LogP contribution in [-0.2, 0) is 75.2 Å². The third-order valence-electron chi connectivity index (χ3n) is 17.5. The van der Waals surface area contributed by atoms with E-state index in [2.05, 4.69) is 83.8 Å². The molecule has 0 saturated carbocycles. The summed E-state index contributed by atoms with van der Waals surface area (Å²) in [5, 5.41) is 42.2.